The van der Waals surface area contributed by atoms with Gasteiger partial charge in [0.25, 0.3) is 0 Å². The molecule has 6 heteroatoms. The van der Waals surface area contributed by atoms with Crippen molar-refractivity contribution in [3.8, 4) is 5.75 Å². The number of thiophene rings is 1. The SMILES string of the molecule is CCOc1c(Br)cc(Cl)cc1NCc1cc(Br)c(C)s1. The van der Waals surface area contributed by atoms with Crippen LogP contribution in [-0.2, 0) is 6.54 Å². The average Bonchev–Trinajstić information content (AvgIpc) is 2.70. The maximum absolute atomic E-state index is 6.10. The highest BCUT2D eigenvalue weighted by Crippen LogP contribution is 2.37. The molecule has 1 aromatic carbocycles. The third-order valence-electron chi connectivity index (χ3n) is 2.66. The number of aryl methyl sites for hydroxylation is 1. The van der Waals surface area contributed by atoms with Crippen molar-refractivity contribution in [2.45, 2.75) is 20.4 Å². The van der Waals surface area contributed by atoms with Crippen molar-refractivity contribution in [1.82, 2.24) is 0 Å². The summed E-state index contributed by atoms with van der Waals surface area (Å²) in [6, 6.07) is 5.85. The Kier molecular flexibility index (Phi) is 5.78. The Labute approximate surface area is 144 Å². The van der Waals surface area contributed by atoms with Gasteiger partial charge in [-0.25, -0.2) is 0 Å². The molecular formula is C14H14Br2ClNOS. The van der Waals surface area contributed by atoms with Crippen molar-refractivity contribution in [3.05, 3.63) is 41.9 Å². The number of rotatable bonds is 5. The third-order valence-corrected chi connectivity index (χ3v) is 5.60. The minimum Gasteiger partial charge on any atom is -0.491 e. The molecule has 2 rings (SSSR count). The Morgan fingerprint density at radius 3 is 2.60 bits per heavy atom. The Hall–Kier alpha value is -0.230. The molecule has 0 bridgehead atoms. The number of benzene rings is 1. The van der Waals surface area contributed by atoms with Crippen LogP contribution in [0, 0.1) is 6.92 Å². The van der Waals surface area contributed by atoms with E-state index in [9.17, 15) is 0 Å². The number of anilines is 1. The Morgan fingerprint density at radius 2 is 2.00 bits per heavy atom. The second-order valence-electron chi connectivity index (χ2n) is 4.17. The fourth-order valence-electron chi connectivity index (χ4n) is 1.77. The highest BCUT2D eigenvalue weighted by atomic mass is 79.9. The van der Waals surface area contributed by atoms with Gasteiger partial charge in [0.05, 0.1) is 16.8 Å². The van der Waals surface area contributed by atoms with Crippen molar-refractivity contribution in [2.24, 2.45) is 0 Å². The first kappa shape index (κ1) is 16.1. The van der Waals surface area contributed by atoms with Gasteiger partial charge >= 0.3 is 0 Å². The van der Waals surface area contributed by atoms with Crippen LogP contribution in [0.25, 0.3) is 0 Å². The fourth-order valence-corrected chi connectivity index (χ4v) is 4.24. The van der Waals surface area contributed by atoms with Crippen molar-refractivity contribution >= 4 is 60.5 Å². The van der Waals surface area contributed by atoms with E-state index in [1.54, 1.807) is 11.3 Å². The van der Waals surface area contributed by atoms with Gasteiger partial charge in [-0.1, -0.05) is 11.6 Å². The van der Waals surface area contributed by atoms with Crippen LogP contribution in [0.3, 0.4) is 0 Å². The molecule has 0 unspecified atom stereocenters. The number of nitrogens with one attached hydrogen (secondary N) is 1. The minimum atomic E-state index is 0.610. The quantitative estimate of drug-likeness (QED) is 0.595. The molecule has 0 spiro atoms. The van der Waals surface area contributed by atoms with Crippen molar-refractivity contribution in [1.29, 1.82) is 0 Å². The van der Waals surface area contributed by atoms with E-state index >= 15 is 0 Å². The van der Waals surface area contributed by atoms with Crippen LogP contribution in [-0.4, -0.2) is 6.61 Å². The van der Waals surface area contributed by atoms with E-state index in [0.717, 1.165) is 26.9 Å². The minimum absolute atomic E-state index is 0.610. The molecule has 2 aromatic rings. The van der Waals surface area contributed by atoms with Gasteiger partial charge in [0.1, 0.15) is 0 Å². The van der Waals surface area contributed by atoms with E-state index in [1.807, 2.05) is 19.1 Å². The first-order valence-corrected chi connectivity index (χ1v) is 8.89. The molecule has 0 radical (unpaired) electrons. The van der Waals surface area contributed by atoms with E-state index < -0.39 is 0 Å². The molecule has 1 aromatic heterocycles. The molecule has 0 amide bonds. The second kappa shape index (κ2) is 7.16. The third kappa shape index (κ3) is 3.91. The summed E-state index contributed by atoms with van der Waals surface area (Å²) in [5.74, 6) is 0.796. The zero-order valence-electron chi connectivity index (χ0n) is 11.1. The number of ether oxygens (including phenoxy) is 1. The van der Waals surface area contributed by atoms with Crippen LogP contribution < -0.4 is 10.1 Å². The molecule has 20 heavy (non-hydrogen) atoms. The van der Waals surface area contributed by atoms with Gasteiger partial charge < -0.3 is 10.1 Å². The Bertz CT molecular complexity index is 596. The zero-order chi connectivity index (χ0) is 14.7. The fraction of sp³-hybridized carbons (Fsp3) is 0.286. The molecule has 1 N–H and O–H groups in total. The molecular weight excluding hydrogens is 425 g/mol. The maximum atomic E-state index is 6.10. The summed E-state index contributed by atoms with van der Waals surface area (Å²) in [5.41, 5.74) is 0.897. The Morgan fingerprint density at radius 1 is 1.25 bits per heavy atom. The molecule has 0 aliphatic heterocycles. The topological polar surface area (TPSA) is 21.3 Å². The van der Waals surface area contributed by atoms with E-state index in [2.05, 4.69) is 50.2 Å². The van der Waals surface area contributed by atoms with Crippen LogP contribution in [0.4, 0.5) is 5.69 Å². The van der Waals surface area contributed by atoms with Crippen LogP contribution >= 0.6 is 54.8 Å². The molecule has 1 heterocycles. The van der Waals surface area contributed by atoms with Gasteiger partial charge in [0.2, 0.25) is 0 Å². The van der Waals surface area contributed by atoms with E-state index in [1.165, 1.54) is 9.75 Å². The predicted octanol–water partition coefficient (Wildman–Crippen LogP) is 6.25. The predicted molar refractivity (Wildman–Crippen MR) is 94.4 cm³/mol. The Balaban J connectivity index is 2.19. The highest BCUT2D eigenvalue weighted by molar-refractivity contribution is 9.10. The van der Waals surface area contributed by atoms with Gasteiger partial charge in [0.15, 0.2) is 5.75 Å². The summed E-state index contributed by atoms with van der Waals surface area (Å²) in [7, 11) is 0. The largest absolute Gasteiger partial charge is 0.491 e. The second-order valence-corrected chi connectivity index (χ2v) is 7.65. The molecule has 0 saturated heterocycles. The van der Waals surface area contributed by atoms with Crippen molar-refractivity contribution in [2.75, 3.05) is 11.9 Å². The van der Waals surface area contributed by atoms with E-state index in [0.29, 0.717) is 11.6 Å². The normalized spacial score (nSPS) is 10.7. The maximum Gasteiger partial charge on any atom is 0.156 e. The molecule has 0 atom stereocenters. The summed E-state index contributed by atoms with van der Waals surface area (Å²) < 4.78 is 7.68. The summed E-state index contributed by atoms with van der Waals surface area (Å²) >= 11 is 14.9. The number of hydrogen-bond donors (Lipinski definition) is 1. The average molecular weight is 440 g/mol. The first-order chi connectivity index (χ1) is 9.51. The number of hydrogen-bond acceptors (Lipinski definition) is 3. The van der Waals surface area contributed by atoms with Gasteiger partial charge in [-0.15, -0.1) is 11.3 Å². The molecule has 0 saturated carbocycles. The lowest BCUT2D eigenvalue weighted by Crippen LogP contribution is -2.02. The lowest BCUT2D eigenvalue weighted by atomic mass is 10.3. The van der Waals surface area contributed by atoms with E-state index in [-0.39, 0.29) is 0 Å². The first-order valence-electron chi connectivity index (χ1n) is 6.11. The monoisotopic (exact) mass is 437 g/mol. The number of halogens is 3. The molecule has 0 aliphatic rings. The molecule has 0 fully saturated rings. The lowest BCUT2D eigenvalue weighted by Gasteiger charge is -2.14. The summed E-state index contributed by atoms with van der Waals surface area (Å²) in [4.78, 5) is 2.53. The standard InChI is InChI=1S/C14H14Br2ClNOS/c1-3-19-14-12(16)4-9(17)5-13(14)18-7-10-6-11(15)8(2)20-10/h4-6,18H,3,7H2,1-2H3. The van der Waals surface area contributed by atoms with Gasteiger partial charge in [0, 0.05) is 25.8 Å². The summed E-state index contributed by atoms with van der Waals surface area (Å²) in [5, 5.41) is 4.06. The van der Waals surface area contributed by atoms with Crippen LogP contribution in [0.15, 0.2) is 27.1 Å². The zero-order valence-corrected chi connectivity index (χ0v) is 15.8. The molecule has 0 aliphatic carbocycles. The van der Waals surface area contributed by atoms with Crippen LogP contribution in [0.2, 0.25) is 5.02 Å². The van der Waals surface area contributed by atoms with Gasteiger partial charge in [-0.3, -0.25) is 0 Å². The highest BCUT2D eigenvalue weighted by Gasteiger charge is 2.11. The lowest BCUT2D eigenvalue weighted by molar-refractivity contribution is 0.339. The van der Waals surface area contributed by atoms with Crippen LogP contribution in [0.5, 0.6) is 5.75 Å². The van der Waals surface area contributed by atoms with Crippen molar-refractivity contribution in [3.63, 3.8) is 0 Å². The van der Waals surface area contributed by atoms with Gasteiger partial charge in [-0.05, 0) is 63.9 Å². The van der Waals surface area contributed by atoms with Gasteiger partial charge in [-0.2, -0.15) is 0 Å². The summed E-state index contributed by atoms with van der Waals surface area (Å²) in [6.07, 6.45) is 0. The van der Waals surface area contributed by atoms with Crippen LogP contribution in [0.1, 0.15) is 16.7 Å². The summed E-state index contributed by atoms with van der Waals surface area (Å²) in [6.45, 7) is 5.41. The smallest absolute Gasteiger partial charge is 0.156 e. The molecule has 108 valence electrons. The molecule has 2 nitrogen and oxygen atoms in total. The van der Waals surface area contributed by atoms with Crippen molar-refractivity contribution < 1.29 is 4.74 Å². The van der Waals surface area contributed by atoms with E-state index in [4.69, 9.17) is 16.3 Å².